The largest absolute Gasteiger partial charge is 0.359 e. The van der Waals surface area contributed by atoms with Gasteiger partial charge in [0.05, 0.1) is 17.6 Å². The molecule has 2 unspecified atom stereocenters. The Labute approximate surface area is 137 Å². The molecular weight excluding hydrogens is 310 g/mol. The number of hydrogen-bond donors (Lipinski definition) is 4. The van der Waals surface area contributed by atoms with E-state index in [-0.39, 0.29) is 18.0 Å². The van der Waals surface area contributed by atoms with Gasteiger partial charge in [-0.05, 0) is 19.1 Å². The number of aromatic nitrogens is 3. The number of carbonyl (C=O) groups excluding carboxylic acids is 2. The van der Waals surface area contributed by atoms with Crippen molar-refractivity contribution in [1.82, 2.24) is 20.5 Å². The second-order valence-electron chi connectivity index (χ2n) is 5.86. The van der Waals surface area contributed by atoms with Crippen LogP contribution < -0.4 is 21.3 Å². The van der Waals surface area contributed by atoms with Gasteiger partial charge in [-0.25, -0.2) is 4.98 Å². The summed E-state index contributed by atoms with van der Waals surface area (Å²) in [4.78, 5) is 28.5. The summed E-state index contributed by atoms with van der Waals surface area (Å²) in [6, 6.07) is 3.63. The molecule has 2 amide bonds. The Morgan fingerprint density at radius 3 is 2.67 bits per heavy atom. The average Bonchev–Trinajstić information content (AvgIpc) is 3.13. The van der Waals surface area contributed by atoms with Crippen molar-refractivity contribution in [3.8, 4) is 0 Å². The number of carbonyl (C=O) groups is 2. The molecule has 2 aliphatic rings. The maximum absolute atomic E-state index is 12.3. The van der Waals surface area contributed by atoms with Gasteiger partial charge in [0.2, 0.25) is 11.8 Å². The molecule has 0 radical (unpaired) electrons. The number of anilines is 3. The molecule has 9 nitrogen and oxygen atoms in total. The van der Waals surface area contributed by atoms with Crippen LogP contribution >= 0.6 is 0 Å². The molecular formula is C15H15N7O2. The lowest BCUT2D eigenvalue weighted by Gasteiger charge is -2.20. The number of amides is 2. The predicted octanol–water partition coefficient (Wildman–Crippen LogP) is 0.364. The number of nitrogens with zero attached hydrogens (tertiary/aromatic N) is 3. The highest BCUT2D eigenvalue weighted by Gasteiger charge is 2.49. The Bertz CT molecular complexity index is 854. The minimum atomic E-state index is -1.26. The summed E-state index contributed by atoms with van der Waals surface area (Å²) in [5.41, 5.74) is 2.25. The lowest BCUT2D eigenvalue weighted by molar-refractivity contribution is -0.133. The number of likely N-dealkylation sites (N-methyl/N-ethyl adjacent to an activating group) is 1. The summed E-state index contributed by atoms with van der Waals surface area (Å²) in [7, 11) is 1.52. The summed E-state index contributed by atoms with van der Waals surface area (Å²) < 4.78 is 0. The second kappa shape index (κ2) is 4.88. The molecule has 0 saturated carbocycles. The number of nitrogens with one attached hydrogen (secondary N) is 4. The first-order valence-corrected chi connectivity index (χ1v) is 7.42. The third-order valence-corrected chi connectivity index (χ3v) is 4.47. The van der Waals surface area contributed by atoms with Crippen molar-refractivity contribution in [2.24, 2.45) is 0 Å². The molecule has 4 N–H and O–H groups in total. The third-order valence-electron chi connectivity index (χ3n) is 4.47. The van der Waals surface area contributed by atoms with Gasteiger partial charge in [-0.15, -0.1) is 10.2 Å². The molecule has 0 spiro atoms. The van der Waals surface area contributed by atoms with Crippen LogP contribution in [0.15, 0.2) is 24.7 Å². The Kier molecular flexibility index (Phi) is 2.92. The quantitative estimate of drug-likeness (QED) is 0.588. The van der Waals surface area contributed by atoms with Gasteiger partial charge in [0.15, 0.2) is 5.41 Å². The maximum Gasteiger partial charge on any atom is 0.244 e. The third kappa shape index (κ3) is 1.84. The van der Waals surface area contributed by atoms with Gasteiger partial charge >= 0.3 is 0 Å². The molecule has 0 fully saturated rings. The lowest BCUT2D eigenvalue weighted by atomic mass is 9.82. The zero-order chi connectivity index (χ0) is 16.9. The van der Waals surface area contributed by atoms with Gasteiger partial charge in [-0.3, -0.25) is 9.59 Å². The van der Waals surface area contributed by atoms with Gasteiger partial charge < -0.3 is 21.3 Å². The van der Waals surface area contributed by atoms with Gasteiger partial charge in [-0.1, -0.05) is 0 Å². The van der Waals surface area contributed by atoms with Gasteiger partial charge in [0.1, 0.15) is 18.2 Å². The van der Waals surface area contributed by atoms with E-state index in [9.17, 15) is 9.59 Å². The van der Waals surface area contributed by atoms with Gasteiger partial charge in [0, 0.05) is 18.3 Å². The van der Waals surface area contributed by atoms with E-state index in [1.54, 1.807) is 13.1 Å². The average molecular weight is 325 g/mol. The van der Waals surface area contributed by atoms with E-state index in [1.807, 2.05) is 12.1 Å². The van der Waals surface area contributed by atoms with Crippen LogP contribution in [0, 0.1) is 0 Å². The number of benzene rings is 1. The van der Waals surface area contributed by atoms with Crippen LogP contribution in [0.4, 0.5) is 17.1 Å². The maximum atomic E-state index is 12.3. The summed E-state index contributed by atoms with van der Waals surface area (Å²) in [6.07, 6.45) is 2.71. The lowest BCUT2D eigenvalue weighted by Crippen LogP contribution is -2.45. The van der Waals surface area contributed by atoms with Crippen molar-refractivity contribution in [3.05, 3.63) is 35.9 Å². The first-order chi connectivity index (χ1) is 11.5. The number of fused-ring (bicyclic) bond motifs is 2. The smallest absolute Gasteiger partial charge is 0.244 e. The molecule has 0 bridgehead atoms. The molecule has 2 atom stereocenters. The molecule has 4 rings (SSSR count). The fourth-order valence-electron chi connectivity index (χ4n) is 3.09. The zero-order valence-corrected chi connectivity index (χ0v) is 13.0. The minimum absolute atomic E-state index is 0.273. The predicted molar refractivity (Wildman–Crippen MR) is 86.3 cm³/mol. The van der Waals surface area contributed by atoms with E-state index in [0.717, 1.165) is 11.4 Å². The van der Waals surface area contributed by atoms with E-state index >= 15 is 0 Å². The molecule has 2 aliphatic heterocycles. The Hall–Kier alpha value is -3.23. The normalized spacial score (nSPS) is 23.6. The van der Waals surface area contributed by atoms with Crippen LogP contribution in [-0.4, -0.2) is 34.0 Å². The monoisotopic (exact) mass is 325 g/mol. The fraction of sp³-hybridized carbons (Fsp3) is 0.267. The molecule has 9 heteroatoms. The van der Waals surface area contributed by atoms with Crippen LogP contribution in [0.2, 0.25) is 0 Å². The summed E-state index contributed by atoms with van der Waals surface area (Å²) in [5.74, 6) is -0.686. The van der Waals surface area contributed by atoms with Crippen LogP contribution in [0.25, 0.3) is 0 Å². The highest BCUT2D eigenvalue weighted by Crippen LogP contribution is 2.45. The molecule has 24 heavy (non-hydrogen) atoms. The molecule has 122 valence electrons. The molecule has 0 aliphatic carbocycles. The summed E-state index contributed by atoms with van der Waals surface area (Å²) >= 11 is 0. The van der Waals surface area contributed by atoms with Crippen LogP contribution in [-0.2, 0) is 15.0 Å². The Morgan fingerprint density at radius 1 is 1.25 bits per heavy atom. The van der Waals surface area contributed by atoms with Crippen LogP contribution in [0.3, 0.4) is 0 Å². The number of rotatable bonds is 2. The van der Waals surface area contributed by atoms with Crippen LogP contribution in [0.5, 0.6) is 0 Å². The topological polar surface area (TPSA) is 121 Å². The van der Waals surface area contributed by atoms with E-state index < -0.39 is 5.41 Å². The van der Waals surface area contributed by atoms with Gasteiger partial charge in [-0.2, -0.15) is 0 Å². The highest BCUT2D eigenvalue weighted by molar-refractivity contribution is 6.20. The Balaban J connectivity index is 1.73. The van der Waals surface area contributed by atoms with Crippen molar-refractivity contribution in [2.45, 2.75) is 18.5 Å². The minimum Gasteiger partial charge on any atom is -0.359 e. The van der Waals surface area contributed by atoms with Gasteiger partial charge in [0.25, 0.3) is 0 Å². The first-order valence-electron chi connectivity index (χ1n) is 7.42. The van der Waals surface area contributed by atoms with E-state index in [1.165, 1.54) is 13.4 Å². The molecule has 2 aromatic rings. The molecule has 3 heterocycles. The van der Waals surface area contributed by atoms with E-state index in [2.05, 4.69) is 36.4 Å². The standard InChI is InChI=1S/C15H15N7O2/c1-15(13(23)16-2)7-3-9-10(4-8(7)21-14(15)24)20-12(19-9)11-5-17-6-18-22-11/h3-6,12,19-20H,1-2H3,(H,16,23)(H,21,24). The van der Waals surface area contributed by atoms with E-state index in [0.29, 0.717) is 16.9 Å². The van der Waals surface area contributed by atoms with Crippen LogP contribution in [0.1, 0.15) is 24.3 Å². The van der Waals surface area contributed by atoms with Crippen molar-refractivity contribution in [2.75, 3.05) is 23.0 Å². The molecule has 1 aromatic carbocycles. The molecule has 0 saturated heterocycles. The van der Waals surface area contributed by atoms with E-state index in [4.69, 9.17) is 0 Å². The highest BCUT2D eigenvalue weighted by atomic mass is 16.2. The molecule has 1 aromatic heterocycles. The van der Waals surface area contributed by atoms with Crippen molar-refractivity contribution < 1.29 is 9.59 Å². The first kappa shape index (κ1) is 14.4. The summed E-state index contributed by atoms with van der Waals surface area (Å²) in [6.45, 7) is 1.62. The Morgan fingerprint density at radius 2 is 2.00 bits per heavy atom. The van der Waals surface area contributed by atoms with Crippen molar-refractivity contribution in [3.63, 3.8) is 0 Å². The summed E-state index contributed by atoms with van der Waals surface area (Å²) in [5, 5.41) is 19.7. The number of hydrogen-bond acceptors (Lipinski definition) is 7. The second-order valence-corrected chi connectivity index (χ2v) is 5.86. The fourth-order valence-corrected chi connectivity index (χ4v) is 3.09. The van der Waals surface area contributed by atoms with Crippen molar-refractivity contribution in [1.29, 1.82) is 0 Å². The SMILES string of the molecule is CNC(=O)C1(C)C(=O)Nc2cc3c(cc21)NC(c1cncnn1)N3. The van der Waals surface area contributed by atoms with Crippen molar-refractivity contribution >= 4 is 28.9 Å². The zero-order valence-electron chi connectivity index (χ0n) is 13.0.